The van der Waals surface area contributed by atoms with Gasteiger partial charge in [0.2, 0.25) is 0 Å². The summed E-state index contributed by atoms with van der Waals surface area (Å²) in [5, 5.41) is 6.81. The molecule has 3 aromatic carbocycles. The van der Waals surface area contributed by atoms with Gasteiger partial charge in [0.25, 0.3) is 0 Å². The first-order valence-electron chi connectivity index (χ1n) is 12.8. The van der Waals surface area contributed by atoms with E-state index in [-0.39, 0.29) is 12.1 Å². The lowest BCUT2D eigenvalue weighted by Gasteiger charge is -2.28. The summed E-state index contributed by atoms with van der Waals surface area (Å²) < 4.78 is 2.38. The maximum absolute atomic E-state index is 5.96. The monoisotopic (exact) mass is 502 g/mol. The molecule has 0 spiro atoms. The Morgan fingerprint density at radius 2 is 1.65 bits per heavy atom. The molecular formula is C32H30N4S. The summed E-state index contributed by atoms with van der Waals surface area (Å²) in [7, 11) is 0. The molecule has 0 amide bonds. The second-order valence-corrected chi connectivity index (χ2v) is 10.1. The number of hydrogen-bond donors (Lipinski definition) is 1. The Morgan fingerprint density at radius 3 is 2.41 bits per heavy atom. The Balaban J connectivity index is 1.53. The number of rotatable bonds is 5. The fraction of sp³-hybridized carbons (Fsp3) is 0.188. The van der Waals surface area contributed by atoms with Gasteiger partial charge < -0.3 is 14.8 Å². The number of nitrogens with one attached hydrogen (secondary N) is 1. The van der Waals surface area contributed by atoms with Gasteiger partial charge in [0, 0.05) is 28.7 Å². The third-order valence-electron chi connectivity index (χ3n) is 7.52. The highest BCUT2D eigenvalue weighted by atomic mass is 32.1. The Kier molecular flexibility index (Phi) is 6.01. The Labute approximate surface area is 223 Å². The van der Waals surface area contributed by atoms with Gasteiger partial charge in [0.15, 0.2) is 5.11 Å². The summed E-state index contributed by atoms with van der Waals surface area (Å²) in [6, 6.07) is 32.2. The van der Waals surface area contributed by atoms with Crippen LogP contribution in [0.3, 0.4) is 0 Å². The number of benzene rings is 3. The lowest BCUT2D eigenvalue weighted by atomic mass is 9.96. The van der Waals surface area contributed by atoms with Crippen molar-refractivity contribution in [3.05, 3.63) is 125 Å². The molecule has 0 saturated carbocycles. The van der Waals surface area contributed by atoms with E-state index in [0.29, 0.717) is 0 Å². The molecule has 5 heteroatoms. The van der Waals surface area contributed by atoms with Gasteiger partial charge >= 0.3 is 0 Å². The first kappa shape index (κ1) is 23.4. The first-order valence-corrected chi connectivity index (χ1v) is 13.2. The van der Waals surface area contributed by atoms with Crippen LogP contribution in [0.5, 0.6) is 0 Å². The molecule has 2 aromatic heterocycles. The van der Waals surface area contributed by atoms with Crippen molar-refractivity contribution >= 4 is 33.8 Å². The lowest BCUT2D eigenvalue weighted by Crippen LogP contribution is -2.29. The number of aromatic nitrogens is 2. The molecule has 184 valence electrons. The molecule has 1 N–H and O–H groups in total. The van der Waals surface area contributed by atoms with E-state index < -0.39 is 0 Å². The molecule has 4 nitrogen and oxygen atoms in total. The van der Waals surface area contributed by atoms with Crippen LogP contribution in [0.25, 0.3) is 16.5 Å². The average molecular weight is 503 g/mol. The molecule has 5 aromatic rings. The van der Waals surface area contributed by atoms with E-state index in [1.54, 1.807) is 0 Å². The zero-order valence-corrected chi connectivity index (χ0v) is 22.2. The summed E-state index contributed by atoms with van der Waals surface area (Å²) in [5.74, 6) is 0. The molecule has 1 fully saturated rings. The van der Waals surface area contributed by atoms with Gasteiger partial charge in [-0.2, -0.15) is 0 Å². The number of nitrogens with zero attached hydrogens (tertiary/aromatic N) is 3. The van der Waals surface area contributed by atoms with Crippen molar-refractivity contribution in [2.24, 2.45) is 0 Å². The zero-order chi connectivity index (χ0) is 25.5. The second-order valence-electron chi connectivity index (χ2n) is 9.68. The van der Waals surface area contributed by atoms with Crippen molar-refractivity contribution in [3.63, 3.8) is 0 Å². The van der Waals surface area contributed by atoms with Crippen molar-refractivity contribution < 1.29 is 0 Å². The van der Waals surface area contributed by atoms with Gasteiger partial charge in [-0.1, -0.05) is 61.5 Å². The number of anilines is 1. The number of hydrogen-bond acceptors (Lipinski definition) is 2. The number of thiocarbonyl (C=S) groups is 1. The fourth-order valence-corrected chi connectivity index (χ4v) is 6.05. The van der Waals surface area contributed by atoms with Crippen LogP contribution >= 0.6 is 12.2 Å². The van der Waals surface area contributed by atoms with E-state index in [1.165, 1.54) is 39.0 Å². The second kappa shape index (κ2) is 9.49. The molecule has 0 aliphatic carbocycles. The van der Waals surface area contributed by atoms with Gasteiger partial charge in [-0.15, -0.1) is 0 Å². The van der Waals surface area contributed by atoms with E-state index in [0.717, 1.165) is 22.9 Å². The number of pyridine rings is 1. The first-order chi connectivity index (χ1) is 18.1. The van der Waals surface area contributed by atoms with E-state index in [9.17, 15) is 0 Å². The lowest BCUT2D eigenvalue weighted by molar-refractivity contribution is 0.565. The smallest absolute Gasteiger partial charge is 0.174 e. The molecule has 3 heterocycles. The van der Waals surface area contributed by atoms with Crippen LogP contribution in [0.2, 0.25) is 0 Å². The van der Waals surface area contributed by atoms with Crippen LogP contribution in [0.1, 0.15) is 47.2 Å². The highest BCUT2D eigenvalue weighted by Gasteiger charge is 2.42. The minimum atomic E-state index is -0.0685. The van der Waals surface area contributed by atoms with Gasteiger partial charge in [-0.05, 0) is 85.4 Å². The summed E-state index contributed by atoms with van der Waals surface area (Å²) in [4.78, 5) is 7.00. The standard InChI is InChI=1S/C32H30N4S/c1-4-23-15-17-25(18-16-23)36-31(30(34-32(36)37)28-13-7-8-19-33-28)27-20-21(2)35(22(27)3)29-14-9-11-24-10-5-6-12-26(24)29/h5-20,30-31H,4H2,1-3H3,(H,34,37). The predicted octanol–water partition coefficient (Wildman–Crippen LogP) is 7.38. The van der Waals surface area contributed by atoms with E-state index in [4.69, 9.17) is 17.2 Å². The molecule has 0 bridgehead atoms. The maximum Gasteiger partial charge on any atom is 0.174 e. The van der Waals surface area contributed by atoms with Crippen molar-refractivity contribution in [1.29, 1.82) is 0 Å². The van der Waals surface area contributed by atoms with Gasteiger partial charge in [-0.25, -0.2) is 0 Å². The highest BCUT2D eigenvalue weighted by molar-refractivity contribution is 7.80. The van der Waals surface area contributed by atoms with Crippen LogP contribution in [0.15, 0.2) is 97.2 Å². The number of aryl methyl sites for hydroxylation is 2. The van der Waals surface area contributed by atoms with Gasteiger partial charge in [-0.3, -0.25) is 4.98 Å². The highest BCUT2D eigenvalue weighted by Crippen LogP contribution is 2.44. The predicted molar refractivity (Wildman–Crippen MR) is 157 cm³/mol. The third-order valence-corrected chi connectivity index (χ3v) is 7.83. The Hall–Kier alpha value is -3.96. The molecule has 0 radical (unpaired) electrons. The van der Waals surface area contributed by atoms with Crippen molar-refractivity contribution in [3.8, 4) is 5.69 Å². The SMILES string of the molecule is CCc1ccc(N2C(=S)NC(c3ccccn3)C2c2cc(C)n(-c3cccc4ccccc34)c2C)cc1. The van der Waals surface area contributed by atoms with Gasteiger partial charge in [0.1, 0.15) is 0 Å². The van der Waals surface area contributed by atoms with Crippen LogP contribution in [-0.4, -0.2) is 14.7 Å². The summed E-state index contributed by atoms with van der Waals surface area (Å²) in [6.45, 7) is 6.59. The molecular weight excluding hydrogens is 472 g/mol. The van der Waals surface area contributed by atoms with Crippen molar-refractivity contribution in [2.75, 3.05) is 4.90 Å². The maximum atomic E-state index is 5.96. The molecule has 2 atom stereocenters. The topological polar surface area (TPSA) is 33.1 Å². The van der Waals surface area contributed by atoms with Crippen molar-refractivity contribution in [2.45, 2.75) is 39.3 Å². The quantitative estimate of drug-likeness (QED) is 0.254. The fourth-order valence-electron chi connectivity index (χ4n) is 5.70. The van der Waals surface area contributed by atoms with E-state index >= 15 is 0 Å². The number of fused-ring (bicyclic) bond motifs is 1. The average Bonchev–Trinajstić information content (AvgIpc) is 3.43. The molecule has 1 saturated heterocycles. The summed E-state index contributed by atoms with van der Waals surface area (Å²) in [5.41, 5.74) is 8.23. The van der Waals surface area contributed by atoms with Crippen LogP contribution in [0.4, 0.5) is 5.69 Å². The summed E-state index contributed by atoms with van der Waals surface area (Å²) in [6.07, 6.45) is 2.87. The molecule has 37 heavy (non-hydrogen) atoms. The molecule has 6 rings (SSSR count). The molecule has 1 aliphatic heterocycles. The zero-order valence-electron chi connectivity index (χ0n) is 21.3. The third kappa shape index (κ3) is 4.00. The van der Waals surface area contributed by atoms with E-state index in [2.05, 4.69) is 114 Å². The Morgan fingerprint density at radius 1 is 0.892 bits per heavy atom. The largest absolute Gasteiger partial charge is 0.351 e. The van der Waals surface area contributed by atoms with Crippen LogP contribution < -0.4 is 10.2 Å². The van der Waals surface area contributed by atoms with Crippen molar-refractivity contribution in [1.82, 2.24) is 14.9 Å². The molecule has 1 aliphatic rings. The minimum Gasteiger partial charge on any atom is -0.351 e. The Bertz CT molecular complexity index is 1580. The summed E-state index contributed by atoms with van der Waals surface area (Å²) >= 11 is 5.96. The minimum absolute atomic E-state index is 0.0372. The molecule has 2 unspecified atom stereocenters. The van der Waals surface area contributed by atoms with Gasteiger partial charge in [0.05, 0.1) is 23.5 Å². The normalized spacial score (nSPS) is 17.4. The van der Waals surface area contributed by atoms with Crippen LogP contribution in [0, 0.1) is 13.8 Å². The van der Waals surface area contributed by atoms with Crippen LogP contribution in [-0.2, 0) is 6.42 Å². The van der Waals surface area contributed by atoms with E-state index in [1.807, 2.05) is 18.3 Å².